The van der Waals surface area contributed by atoms with E-state index in [-0.39, 0.29) is 5.78 Å². The highest BCUT2D eigenvalue weighted by Crippen LogP contribution is 2.27. The van der Waals surface area contributed by atoms with Crippen LogP contribution in [0.15, 0.2) is 60.7 Å². The molecule has 0 saturated heterocycles. The second kappa shape index (κ2) is 7.97. The van der Waals surface area contributed by atoms with Gasteiger partial charge in [0.25, 0.3) is 0 Å². The monoisotopic (exact) mass is 324 g/mol. The summed E-state index contributed by atoms with van der Waals surface area (Å²) in [6.07, 6.45) is 0. The highest BCUT2D eigenvalue weighted by Gasteiger charge is 2.11. The molecule has 0 aliphatic heterocycles. The SMILES string of the molecule is C=C(C)COc1ccc(C(C)=O)cc1NC(=O)Nc1ccccc1. The van der Waals surface area contributed by atoms with Crippen LogP contribution in [0, 0.1) is 0 Å². The van der Waals surface area contributed by atoms with Crippen molar-refractivity contribution in [2.45, 2.75) is 13.8 Å². The van der Waals surface area contributed by atoms with Crippen LogP contribution in [0.2, 0.25) is 0 Å². The van der Waals surface area contributed by atoms with Crippen LogP contribution in [0.5, 0.6) is 5.75 Å². The highest BCUT2D eigenvalue weighted by molar-refractivity contribution is 6.02. The number of benzene rings is 2. The van der Waals surface area contributed by atoms with E-state index in [1.807, 2.05) is 25.1 Å². The van der Waals surface area contributed by atoms with Crippen LogP contribution in [0.3, 0.4) is 0 Å². The van der Waals surface area contributed by atoms with Crippen molar-refractivity contribution in [3.05, 3.63) is 66.2 Å². The number of hydrogen-bond acceptors (Lipinski definition) is 3. The Bertz CT molecular complexity index is 754. The van der Waals surface area contributed by atoms with Crippen LogP contribution in [0.1, 0.15) is 24.2 Å². The largest absolute Gasteiger partial charge is 0.487 e. The van der Waals surface area contributed by atoms with Gasteiger partial charge in [0.2, 0.25) is 0 Å². The Morgan fingerprint density at radius 3 is 2.38 bits per heavy atom. The fourth-order valence-electron chi connectivity index (χ4n) is 1.98. The first kappa shape index (κ1) is 17.3. The average molecular weight is 324 g/mol. The van der Waals surface area contributed by atoms with Crippen LogP contribution in [-0.2, 0) is 0 Å². The Balaban J connectivity index is 2.18. The maximum absolute atomic E-state index is 12.2. The smallest absolute Gasteiger partial charge is 0.323 e. The van der Waals surface area contributed by atoms with Crippen molar-refractivity contribution in [1.29, 1.82) is 0 Å². The number of anilines is 2. The minimum atomic E-state index is -0.415. The molecule has 0 aliphatic carbocycles. The normalized spacial score (nSPS) is 9.92. The maximum atomic E-state index is 12.2. The van der Waals surface area contributed by atoms with Crippen molar-refractivity contribution in [1.82, 2.24) is 0 Å². The minimum Gasteiger partial charge on any atom is -0.487 e. The number of urea groups is 1. The molecular weight excluding hydrogens is 304 g/mol. The number of ether oxygens (including phenoxy) is 1. The predicted molar refractivity (Wildman–Crippen MR) is 95.8 cm³/mol. The van der Waals surface area contributed by atoms with Crippen LogP contribution >= 0.6 is 0 Å². The molecule has 2 aromatic carbocycles. The van der Waals surface area contributed by atoms with E-state index >= 15 is 0 Å². The zero-order valence-corrected chi connectivity index (χ0v) is 13.8. The van der Waals surface area contributed by atoms with Gasteiger partial charge in [0, 0.05) is 11.3 Å². The lowest BCUT2D eigenvalue weighted by Gasteiger charge is -2.14. The predicted octanol–water partition coefficient (Wildman–Crippen LogP) is 4.49. The molecule has 2 amide bonds. The summed E-state index contributed by atoms with van der Waals surface area (Å²) in [4.78, 5) is 23.7. The quantitative estimate of drug-likeness (QED) is 0.608. The Labute approximate surface area is 141 Å². The second-order valence-corrected chi connectivity index (χ2v) is 5.46. The number of carbonyl (C=O) groups is 2. The summed E-state index contributed by atoms with van der Waals surface area (Å²) < 4.78 is 5.63. The summed E-state index contributed by atoms with van der Waals surface area (Å²) in [7, 11) is 0. The molecule has 2 rings (SSSR count). The summed E-state index contributed by atoms with van der Waals surface area (Å²) in [6, 6.07) is 13.6. The van der Waals surface area contributed by atoms with E-state index in [0.29, 0.717) is 29.3 Å². The zero-order chi connectivity index (χ0) is 17.5. The van der Waals surface area contributed by atoms with Crippen LogP contribution in [0.4, 0.5) is 16.2 Å². The van der Waals surface area contributed by atoms with Crippen molar-refractivity contribution in [3.63, 3.8) is 0 Å². The molecule has 0 radical (unpaired) electrons. The summed E-state index contributed by atoms with van der Waals surface area (Å²) in [5, 5.41) is 5.44. The number of nitrogens with one attached hydrogen (secondary N) is 2. The summed E-state index contributed by atoms with van der Waals surface area (Å²) in [5.41, 5.74) is 2.44. The fraction of sp³-hybridized carbons (Fsp3) is 0.158. The molecule has 0 fully saturated rings. The maximum Gasteiger partial charge on any atom is 0.323 e. The Morgan fingerprint density at radius 2 is 1.75 bits per heavy atom. The third kappa shape index (κ3) is 4.98. The molecule has 2 aromatic rings. The van der Waals surface area contributed by atoms with Gasteiger partial charge >= 0.3 is 6.03 Å². The van der Waals surface area contributed by atoms with Gasteiger partial charge in [0.05, 0.1) is 5.69 Å². The van der Waals surface area contributed by atoms with Crippen molar-refractivity contribution in [2.75, 3.05) is 17.2 Å². The lowest BCUT2D eigenvalue weighted by Crippen LogP contribution is -2.20. The minimum absolute atomic E-state index is 0.0898. The Hall–Kier alpha value is -3.08. The summed E-state index contributed by atoms with van der Waals surface area (Å²) >= 11 is 0. The molecule has 2 N–H and O–H groups in total. The number of ketones is 1. The van der Waals surface area contributed by atoms with Gasteiger partial charge in [-0.05, 0) is 49.8 Å². The lowest BCUT2D eigenvalue weighted by molar-refractivity contribution is 0.101. The standard InChI is InChI=1S/C19H20N2O3/c1-13(2)12-24-18-10-9-15(14(3)22)11-17(18)21-19(23)20-16-7-5-4-6-8-16/h4-11H,1,12H2,2-3H3,(H2,20,21,23). The second-order valence-electron chi connectivity index (χ2n) is 5.46. The van der Waals surface area contributed by atoms with E-state index in [0.717, 1.165) is 5.57 Å². The van der Waals surface area contributed by atoms with E-state index < -0.39 is 6.03 Å². The molecule has 0 aliphatic rings. The Kier molecular flexibility index (Phi) is 5.73. The van der Waals surface area contributed by atoms with Crippen LogP contribution in [0.25, 0.3) is 0 Å². The molecule has 0 spiro atoms. The molecule has 24 heavy (non-hydrogen) atoms. The third-order valence-corrected chi connectivity index (χ3v) is 3.14. The molecule has 0 bridgehead atoms. The fourth-order valence-corrected chi connectivity index (χ4v) is 1.98. The van der Waals surface area contributed by atoms with Crippen molar-refractivity contribution < 1.29 is 14.3 Å². The third-order valence-electron chi connectivity index (χ3n) is 3.14. The van der Waals surface area contributed by atoms with Crippen LogP contribution < -0.4 is 15.4 Å². The lowest BCUT2D eigenvalue weighted by atomic mass is 10.1. The van der Waals surface area contributed by atoms with E-state index in [1.165, 1.54) is 6.92 Å². The van der Waals surface area contributed by atoms with Gasteiger partial charge in [0.15, 0.2) is 5.78 Å². The first-order chi connectivity index (χ1) is 11.5. The number of hydrogen-bond donors (Lipinski definition) is 2. The van der Waals surface area contributed by atoms with Gasteiger partial charge in [-0.2, -0.15) is 0 Å². The van der Waals surface area contributed by atoms with Crippen LogP contribution in [-0.4, -0.2) is 18.4 Å². The summed E-state index contributed by atoms with van der Waals surface area (Å²) in [5.74, 6) is 0.388. The van der Waals surface area contributed by atoms with Gasteiger partial charge in [0.1, 0.15) is 12.4 Å². The number of amides is 2. The van der Waals surface area contributed by atoms with Gasteiger partial charge in [-0.25, -0.2) is 4.79 Å². The molecule has 0 heterocycles. The number of carbonyl (C=O) groups excluding carboxylic acids is 2. The van der Waals surface area contributed by atoms with Gasteiger partial charge in [-0.15, -0.1) is 0 Å². The molecular formula is C19H20N2O3. The molecule has 0 aromatic heterocycles. The topological polar surface area (TPSA) is 67.4 Å². The zero-order valence-electron chi connectivity index (χ0n) is 13.8. The molecule has 0 saturated carbocycles. The summed E-state index contributed by atoms with van der Waals surface area (Å²) in [6.45, 7) is 7.43. The van der Waals surface area contributed by atoms with E-state index in [2.05, 4.69) is 17.2 Å². The number of Topliss-reactive ketones (excluding diaryl/α,β-unsaturated/α-hetero) is 1. The van der Waals surface area contributed by atoms with Gasteiger partial charge in [-0.3, -0.25) is 4.79 Å². The van der Waals surface area contributed by atoms with E-state index in [1.54, 1.807) is 30.3 Å². The van der Waals surface area contributed by atoms with Crippen molar-refractivity contribution in [3.8, 4) is 5.75 Å². The van der Waals surface area contributed by atoms with Crippen molar-refractivity contribution in [2.24, 2.45) is 0 Å². The van der Waals surface area contributed by atoms with E-state index in [9.17, 15) is 9.59 Å². The number of rotatable bonds is 6. The molecule has 5 nitrogen and oxygen atoms in total. The molecule has 0 atom stereocenters. The van der Waals surface area contributed by atoms with Crippen molar-refractivity contribution >= 4 is 23.2 Å². The molecule has 0 unspecified atom stereocenters. The average Bonchev–Trinajstić information content (AvgIpc) is 2.54. The Morgan fingerprint density at radius 1 is 1.04 bits per heavy atom. The van der Waals surface area contributed by atoms with E-state index in [4.69, 9.17) is 4.74 Å². The van der Waals surface area contributed by atoms with Gasteiger partial charge in [-0.1, -0.05) is 24.8 Å². The number of para-hydroxylation sites is 1. The highest BCUT2D eigenvalue weighted by atomic mass is 16.5. The first-order valence-corrected chi connectivity index (χ1v) is 7.51. The molecule has 124 valence electrons. The van der Waals surface area contributed by atoms with Gasteiger partial charge < -0.3 is 15.4 Å². The molecule has 5 heteroatoms. The first-order valence-electron chi connectivity index (χ1n) is 7.51.